The number of pyridine rings is 1. The van der Waals surface area contributed by atoms with Gasteiger partial charge in [0.2, 0.25) is 0 Å². The van der Waals surface area contributed by atoms with Crippen molar-refractivity contribution in [2.45, 2.75) is 5.60 Å². The normalized spacial score (nSPS) is 19.3. The average molecular weight is 301 g/mol. The van der Waals surface area contributed by atoms with Crippen LogP contribution in [0.25, 0.3) is 11.1 Å². The first-order valence-corrected chi connectivity index (χ1v) is 7.37. The molecule has 3 N–H and O–H groups in total. The van der Waals surface area contributed by atoms with Crippen LogP contribution in [0, 0.1) is 0 Å². The lowest BCUT2D eigenvalue weighted by atomic mass is 9.85. The number of nitrogens with two attached hydrogens (primary N) is 1. The zero-order chi connectivity index (χ0) is 15.9. The molecule has 0 bridgehead atoms. The van der Waals surface area contributed by atoms with Crippen LogP contribution in [0.3, 0.4) is 0 Å². The molecular weight excluding hydrogens is 286 g/mol. The molecule has 2 aromatic carbocycles. The predicted octanol–water partition coefficient (Wildman–Crippen LogP) is 2.99. The fourth-order valence-corrected chi connectivity index (χ4v) is 2.97. The first-order valence-electron chi connectivity index (χ1n) is 7.37. The second-order valence-electron chi connectivity index (χ2n) is 5.55. The lowest BCUT2D eigenvalue weighted by Gasteiger charge is -2.25. The van der Waals surface area contributed by atoms with Gasteiger partial charge in [0.1, 0.15) is 5.84 Å². The molecule has 0 spiro atoms. The summed E-state index contributed by atoms with van der Waals surface area (Å²) in [6, 6.07) is 19.0. The van der Waals surface area contributed by atoms with Crippen molar-refractivity contribution in [2.24, 2.45) is 10.7 Å². The Hall–Kier alpha value is -2.98. The van der Waals surface area contributed by atoms with Crippen molar-refractivity contribution in [3.05, 3.63) is 84.2 Å². The molecule has 1 unspecified atom stereocenters. The summed E-state index contributed by atoms with van der Waals surface area (Å²) in [6.45, 7) is 0. The fraction of sp³-hybridized carbons (Fsp3) is 0.0526. The smallest absolute Gasteiger partial charge is 0.174 e. The molecule has 23 heavy (non-hydrogen) atoms. The van der Waals surface area contributed by atoms with Crippen LogP contribution in [0.15, 0.2) is 78.0 Å². The van der Waals surface area contributed by atoms with E-state index in [2.05, 4.69) is 9.98 Å². The number of aliphatic imine (C=N–C) groups is 1. The van der Waals surface area contributed by atoms with Gasteiger partial charge in [0, 0.05) is 23.5 Å². The monoisotopic (exact) mass is 301 g/mol. The quantitative estimate of drug-likeness (QED) is 0.764. The van der Waals surface area contributed by atoms with Gasteiger partial charge in [-0.3, -0.25) is 4.98 Å². The minimum Gasteiger partial charge on any atom is -0.384 e. The van der Waals surface area contributed by atoms with Gasteiger partial charge in [-0.25, -0.2) is 4.99 Å². The third kappa shape index (κ3) is 2.04. The van der Waals surface area contributed by atoms with Crippen LogP contribution < -0.4 is 5.73 Å². The van der Waals surface area contributed by atoms with Gasteiger partial charge in [0.25, 0.3) is 0 Å². The minimum absolute atomic E-state index is 0.196. The van der Waals surface area contributed by atoms with Gasteiger partial charge in [0.05, 0.1) is 5.69 Å². The Morgan fingerprint density at radius 1 is 0.913 bits per heavy atom. The molecule has 0 aliphatic carbocycles. The van der Waals surface area contributed by atoms with Gasteiger partial charge in [-0.1, -0.05) is 42.5 Å². The van der Waals surface area contributed by atoms with Gasteiger partial charge in [0.15, 0.2) is 5.60 Å². The van der Waals surface area contributed by atoms with E-state index in [1.165, 1.54) is 0 Å². The number of hydrogen-bond donors (Lipinski definition) is 2. The standard InChI is InChI=1S/C19H15N3O/c20-18-19(23,15-6-2-1-3-7-15)16-11-13(8-9-17(16)22-18)14-5-4-10-21-12-14/h1-12,23H,(H2,20,22). The molecule has 1 aliphatic heterocycles. The number of nitrogens with zero attached hydrogens (tertiary/aromatic N) is 2. The number of fused-ring (bicyclic) bond motifs is 1. The van der Waals surface area contributed by atoms with E-state index in [9.17, 15) is 5.11 Å². The molecule has 0 saturated carbocycles. The van der Waals surface area contributed by atoms with Crippen LogP contribution in [0.1, 0.15) is 11.1 Å². The molecule has 4 nitrogen and oxygen atoms in total. The topological polar surface area (TPSA) is 71.5 Å². The van der Waals surface area contributed by atoms with E-state index in [4.69, 9.17) is 5.73 Å². The van der Waals surface area contributed by atoms with Crippen LogP contribution in [-0.4, -0.2) is 15.9 Å². The van der Waals surface area contributed by atoms with E-state index in [1.54, 1.807) is 12.4 Å². The van der Waals surface area contributed by atoms with Crippen LogP contribution >= 0.6 is 0 Å². The molecule has 0 fully saturated rings. The van der Waals surface area contributed by atoms with Gasteiger partial charge in [-0.2, -0.15) is 0 Å². The second-order valence-corrected chi connectivity index (χ2v) is 5.55. The first-order chi connectivity index (χ1) is 11.2. The zero-order valence-corrected chi connectivity index (χ0v) is 12.3. The highest BCUT2D eigenvalue weighted by atomic mass is 16.3. The summed E-state index contributed by atoms with van der Waals surface area (Å²) in [5.74, 6) is 0.196. The van der Waals surface area contributed by atoms with Crippen LogP contribution in [-0.2, 0) is 5.60 Å². The van der Waals surface area contributed by atoms with Crippen molar-refractivity contribution in [3.8, 4) is 11.1 Å². The van der Waals surface area contributed by atoms with Crippen molar-refractivity contribution >= 4 is 11.5 Å². The number of aliphatic hydroxyl groups is 1. The van der Waals surface area contributed by atoms with Gasteiger partial charge < -0.3 is 10.8 Å². The summed E-state index contributed by atoms with van der Waals surface area (Å²) in [4.78, 5) is 8.49. The lowest BCUT2D eigenvalue weighted by Crippen LogP contribution is -2.39. The summed E-state index contributed by atoms with van der Waals surface area (Å²) >= 11 is 0. The number of hydrogen-bond acceptors (Lipinski definition) is 4. The molecule has 1 aromatic heterocycles. The number of rotatable bonds is 2. The first kappa shape index (κ1) is 13.7. The second kappa shape index (κ2) is 5.04. The van der Waals surface area contributed by atoms with E-state index >= 15 is 0 Å². The molecule has 0 amide bonds. The van der Waals surface area contributed by atoms with Crippen molar-refractivity contribution in [3.63, 3.8) is 0 Å². The maximum absolute atomic E-state index is 11.3. The highest BCUT2D eigenvalue weighted by Crippen LogP contribution is 2.43. The largest absolute Gasteiger partial charge is 0.384 e. The van der Waals surface area contributed by atoms with E-state index in [-0.39, 0.29) is 5.84 Å². The SMILES string of the molecule is NC1=Nc2ccc(-c3cccnc3)cc2C1(O)c1ccccc1. The summed E-state index contributed by atoms with van der Waals surface area (Å²) in [5, 5.41) is 11.3. The minimum atomic E-state index is -1.39. The molecule has 2 heterocycles. The van der Waals surface area contributed by atoms with Crippen LogP contribution in [0.5, 0.6) is 0 Å². The van der Waals surface area contributed by atoms with Gasteiger partial charge in [-0.05, 0) is 29.3 Å². The van der Waals surface area contributed by atoms with Crippen molar-refractivity contribution in [1.29, 1.82) is 0 Å². The number of aromatic nitrogens is 1. The Morgan fingerprint density at radius 2 is 1.74 bits per heavy atom. The molecule has 112 valence electrons. The molecule has 1 atom stereocenters. The maximum Gasteiger partial charge on any atom is 0.174 e. The Balaban J connectivity index is 1.90. The molecule has 3 aromatic rings. The Morgan fingerprint density at radius 3 is 2.48 bits per heavy atom. The van der Waals surface area contributed by atoms with Crippen LogP contribution in [0.4, 0.5) is 5.69 Å². The highest BCUT2D eigenvalue weighted by Gasteiger charge is 2.42. The average Bonchev–Trinajstić information content (AvgIpc) is 2.88. The summed E-state index contributed by atoms with van der Waals surface area (Å²) in [6.07, 6.45) is 3.53. The van der Waals surface area contributed by atoms with Crippen molar-refractivity contribution < 1.29 is 5.11 Å². The van der Waals surface area contributed by atoms with Crippen molar-refractivity contribution in [1.82, 2.24) is 4.98 Å². The van der Waals surface area contributed by atoms with Crippen LogP contribution in [0.2, 0.25) is 0 Å². The highest BCUT2D eigenvalue weighted by molar-refractivity contribution is 6.01. The number of amidine groups is 1. The fourth-order valence-electron chi connectivity index (χ4n) is 2.97. The van der Waals surface area contributed by atoms with E-state index in [0.717, 1.165) is 11.1 Å². The van der Waals surface area contributed by atoms with E-state index in [1.807, 2.05) is 60.7 Å². The predicted molar refractivity (Wildman–Crippen MR) is 90.4 cm³/mol. The molecule has 0 radical (unpaired) electrons. The Bertz CT molecular complexity index is 891. The molecule has 4 heteroatoms. The summed E-state index contributed by atoms with van der Waals surface area (Å²) in [7, 11) is 0. The lowest BCUT2D eigenvalue weighted by molar-refractivity contribution is 0.158. The zero-order valence-electron chi connectivity index (χ0n) is 12.3. The molecule has 1 aliphatic rings. The maximum atomic E-state index is 11.3. The Kier molecular flexibility index (Phi) is 2.99. The summed E-state index contributed by atoms with van der Waals surface area (Å²) in [5.41, 5.74) is 8.73. The molecule has 0 saturated heterocycles. The third-order valence-corrected chi connectivity index (χ3v) is 4.18. The molecule has 4 rings (SSSR count). The summed E-state index contributed by atoms with van der Waals surface area (Å²) < 4.78 is 0. The number of benzene rings is 2. The van der Waals surface area contributed by atoms with Gasteiger partial charge in [-0.15, -0.1) is 0 Å². The van der Waals surface area contributed by atoms with Crippen molar-refractivity contribution in [2.75, 3.05) is 0 Å². The molecular formula is C19H15N3O. The van der Waals surface area contributed by atoms with Gasteiger partial charge >= 0.3 is 0 Å². The van der Waals surface area contributed by atoms with E-state index in [0.29, 0.717) is 16.8 Å². The Labute approximate surface area is 134 Å². The third-order valence-electron chi connectivity index (χ3n) is 4.18. The van der Waals surface area contributed by atoms with E-state index < -0.39 is 5.60 Å².